The molecule has 0 aliphatic heterocycles. The SMILES string of the molecule is COc1cccc(CCC(=O)N(C)CC(=O)Nc2c(C)cc(C)cc2C)c1. The summed E-state index contributed by atoms with van der Waals surface area (Å²) in [6, 6.07) is 11.7. The van der Waals surface area contributed by atoms with Crippen molar-refractivity contribution in [3.05, 3.63) is 58.7 Å². The van der Waals surface area contributed by atoms with E-state index in [1.54, 1.807) is 14.2 Å². The minimum atomic E-state index is -0.192. The third kappa shape index (κ3) is 5.84. The second kappa shape index (κ2) is 9.21. The molecule has 5 heteroatoms. The fraction of sp³-hybridized carbons (Fsp3) is 0.364. The van der Waals surface area contributed by atoms with Crippen molar-refractivity contribution in [1.82, 2.24) is 4.90 Å². The van der Waals surface area contributed by atoms with Crippen molar-refractivity contribution in [2.24, 2.45) is 0 Å². The summed E-state index contributed by atoms with van der Waals surface area (Å²) >= 11 is 0. The summed E-state index contributed by atoms with van der Waals surface area (Å²) in [6.45, 7) is 6.00. The van der Waals surface area contributed by atoms with Crippen LogP contribution in [0, 0.1) is 20.8 Å². The van der Waals surface area contributed by atoms with Gasteiger partial charge in [-0.3, -0.25) is 9.59 Å². The van der Waals surface area contributed by atoms with Gasteiger partial charge in [-0.05, 0) is 56.0 Å². The fourth-order valence-electron chi connectivity index (χ4n) is 3.13. The van der Waals surface area contributed by atoms with Gasteiger partial charge >= 0.3 is 0 Å². The van der Waals surface area contributed by atoms with Gasteiger partial charge in [-0.1, -0.05) is 29.8 Å². The monoisotopic (exact) mass is 368 g/mol. The molecule has 0 bridgehead atoms. The van der Waals surface area contributed by atoms with Crippen molar-refractivity contribution >= 4 is 17.5 Å². The van der Waals surface area contributed by atoms with Gasteiger partial charge in [0.15, 0.2) is 0 Å². The molecule has 0 saturated carbocycles. The Morgan fingerprint density at radius 1 is 1.07 bits per heavy atom. The Morgan fingerprint density at radius 3 is 2.37 bits per heavy atom. The molecule has 0 spiro atoms. The van der Waals surface area contributed by atoms with E-state index in [2.05, 4.69) is 5.32 Å². The number of benzene rings is 2. The first kappa shape index (κ1) is 20.5. The van der Waals surface area contributed by atoms with E-state index in [1.165, 1.54) is 4.90 Å². The summed E-state index contributed by atoms with van der Waals surface area (Å²) in [5.41, 5.74) is 5.06. The summed E-state index contributed by atoms with van der Waals surface area (Å²) < 4.78 is 5.20. The van der Waals surface area contributed by atoms with Crippen LogP contribution in [0.1, 0.15) is 28.7 Å². The van der Waals surface area contributed by atoms with E-state index >= 15 is 0 Å². The van der Waals surface area contributed by atoms with Crippen LogP contribution in [-0.2, 0) is 16.0 Å². The van der Waals surface area contributed by atoms with Crippen LogP contribution in [0.2, 0.25) is 0 Å². The number of nitrogens with zero attached hydrogens (tertiary/aromatic N) is 1. The maximum Gasteiger partial charge on any atom is 0.243 e. The quantitative estimate of drug-likeness (QED) is 0.811. The number of nitrogens with one attached hydrogen (secondary N) is 1. The Labute approximate surface area is 161 Å². The molecule has 0 atom stereocenters. The first-order valence-corrected chi connectivity index (χ1v) is 9.04. The molecule has 27 heavy (non-hydrogen) atoms. The molecule has 2 rings (SSSR count). The van der Waals surface area contributed by atoms with E-state index < -0.39 is 0 Å². The van der Waals surface area contributed by atoms with Crippen LogP contribution in [0.15, 0.2) is 36.4 Å². The molecule has 2 aromatic rings. The molecular weight excluding hydrogens is 340 g/mol. The van der Waals surface area contributed by atoms with Gasteiger partial charge < -0.3 is 15.0 Å². The van der Waals surface area contributed by atoms with Crippen LogP contribution < -0.4 is 10.1 Å². The molecule has 2 amide bonds. The number of methoxy groups -OCH3 is 1. The van der Waals surface area contributed by atoms with Crippen LogP contribution in [-0.4, -0.2) is 37.4 Å². The van der Waals surface area contributed by atoms with Crippen LogP contribution in [0.5, 0.6) is 5.75 Å². The van der Waals surface area contributed by atoms with Crippen LogP contribution in [0.25, 0.3) is 0 Å². The summed E-state index contributed by atoms with van der Waals surface area (Å²) in [7, 11) is 3.27. The highest BCUT2D eigenvalue weighted by Gasteiger charge is 2.15. The Kier molecular flexibility index (Phi) is 6.99. The number of amides is 2. The molecule has 0 fully saturated rings. The normalized spacial score (nSPS) is 10.4. The van der Waals surface area contributed by atoms with E-state index in [9.17, 15) is 9.59 Å². The maximum absolute atomic E-state index is 12.4. The molecule has 2 aromatic carbocycles. The third-order valence-corrected chi connectivity index (χ3v) is 4.51. The predicted molar refractivity (Wildman–Crippen MR) is 108 cm³/mol. The molecule has 0 aliphatic rings. The van der Waals surface area contributed by atoms with Gasteiger partial charge in [0.2, 0.25) is 11.8 Å². The van der Waals surface area contributed by atoms with Crippen LogP contribution in [0.3, 0.4) is 0 Å². The summed E-state index contributed by atoms with van der Waals surface area (Å²) in [4.78, 5) is 26.2. The number of hydrogen-bond acceptors (Lipinski definition) is 3. The van der Waals surface area contributed by atoms with Gasteiger partial charge in [0.1, 0.15) is 5.75 Å². The number of carbonyl (C=O) groups is 2. The highest BCUT2D eigenvalue weighted by Crippen LogP contribution is 2.21. The molecule has 0 aliphatic carbocycles. The second-order valence-electron chi connectivity index (χ2n) is 6.92. The highest BCUT2D eigenvalue weighted by molar-refractivity contribution is 5.95. The summed E-state index contributed by atoms with van der Waals surface area (Å²) in [5, 5.41) is 2.93. The van der Waals surface area contributed by atoms with Gasteiger partial charge in [-0.2, -0.15) is 0 Å². The first-order valence-electron chi connectivity index (χ1n) is 9.04. The standard InChI is InChI=1S/C22H28N2O3/c1-15-11-16(2)22(17(3)12-15)23-20(25)14-24(4)21(26)10-9-18-7-6-8-19(13-18)27-5/h6-8,11-13H,9-10,14H2,1-5H3,(H,23,25). The second-order valence-corrected chi connectivity index (χ2v) is 6.92. The highest BCUT2D eigenvalue weighted by atomic mass is 16.5. The van der Waals surface area contributed by atoms with Crippen molar-refractivity contribution in [1.29, 1.82) is 0 Å². The minimum Gasteiger partial charge on any atom is -0.497 e. The Hall–Kier alpha value is -2.82. The Bertz CT molecular complexity index is 807. The fourth-order valence-corrected chi connectivity index (χ4v) is 3.13. The molecule has 0 unspecified atom stereocenters. The lowest BCUT2D eigenvalue weighted by atomic mass is 10.1. The lowest BCUT2D eigenvalue weighted by molar-refractivity contribution is -0.133. The number of anilines is 1. The van der Waals surface area contributed by atoms with E-state index in [1.807, 2.05) is 57.2 Å². The molecule has 0 saturated heterocycles. The summed E-state index contributed by atoms with van der Waals surface area (Å²) in [5.74, 6) is 0.518. The van der Waals surface area contributed by atoms with E-state index in [0.29, 0.717) is 12.8 Å². The van der Waals surface area contributed by atoms with Gasteiger partial charge in [0.05, 0.1) is 13.7 Å². The van der Waals surface area contributed by atoms with Gasteiger partial charge in [-0.25, -0.2) is 0 Å². The molecule has 1 N–H and O–H groups in total. The average Bonchev–Trinajstić information content (AvgIpc) is 2.62. The average molecular weight is 368 g/mol. The lowest BCUT2D eigenvalue weighted by Gasteiger charge is -2.18. The molecule has 0 aromatic heterocycles. The smallest absolute Gasteiger partial charge is 0.243 e. The minimum absolute atomic E-state index is 0.0314. The lowest BCUT2D eigenvalue weighted by Crippen LogP contribution is -2.35. The maximum atomic E-state index is 12.4. The van der Waals surface area contributed by atoms with E-state index in [-0.39, 0.29) is 18.4 Å². The number of hydrogen-bond donors (Lipinski definition) is 1. The van der Waals surface area contributed by atoms with Crippen molar-refractivity contribution < 1.29 is 14.3 Å². The van der Waals surface area contributed by atoms with E-state index in [4.69, 9.17) is 4.74 Å². The van der Waals surface area contributed by atoms with Gasteiger partial charge in [-0.15, -0.1) is 0 Å². The zero-order valence-corrected chi connectivity index (χ0v) is 16.8. The molecule has 0 heterocycles. The third-order valence-electron chi connectivity index (χ3n) is 4.51. The topological polar surface area (TPSA) is 58.6 Å². The number of aryl methyl sites for hydroxylation is 4. The Morgan fingerprint density at radius 2 is 1.74 bits per heavy atom. The van der Waals surface area contributed by atoms with Crippen molar-refractivity contribution in [2.45, 2.75) is 33.6 Å². The molecule has 0 radical (unpaired) electrons. The van der Waals surface area contributed by atoms with Crippen LogP contribution >= 0.6 is 0 Å². The van der Waals surface area contributed by atoms with Gasteiger partial charge in [0.25, 0.3) is 0 Å². The van der Waals surface area contributed by atoms with E-state index in [0.717, 1.165) is 33.7 Å². The zero-order chi connectivity index (χ0) is 20.0. The van der Waals surface area contributed by atoms with Crippen molar-refractivity contribution in [3.8, 4) is 5.75 Å². The largest absolute Gasteiger partial charge is 0.497 e. The predicted octanol–water partition coefficient (Wildman–Crippen LogP) is 3.65. The number of rotatable bonds is 7. The number of ether oxygens (including phenoxy) is 1. The molecule has 144 valence electrons. The Balaban J connectivity index is 1.89. The number of likely N-dealkylation sites (N-methyl/N-ethyl adjacent to an activating group) is 1. The first-order chi connectivity index (χ1) is 12.8. The summed E-state index contributed by atoms with van der Waals surface area (Å²) in [6.07, 6.45) is 0.956. The molecule has 5 nitrogen and oxygen atoms in total. The number of carbonyl (C=O) groups excluding carboxylic acids is 2. The zero-order valence-electron chi connectivity index (χ0n) is 16.8. The molecular formula is C22H28N2O3. The van der Waals surface area contributed by atoms with Crippen molar-refractivity contribution in [2.75, 3.05) is 26.0 Å². The van der Waals surface area contributed by atoms with Crippen LogP contribution in [0.4, 0.5) is 5.69 Å². The van der Waals surface area contributed by atoms with Gasteiger partial charge in [0, 0.05) is 19.2 Å². The van der Waals surface area contributed by atoms with Crippen molar-refractivity contribution in [3.63, 3.8) is 0 Å².